The van der Waals surface area contributed by atoms with Crippen LogP contribution in [0, 0.1) is 5.92 Å². The highest BCUT2D eigenvalue weighted by Gasteiger charge is 2.26. The lowest BCUT2D eigenvalue weighted by Crippen LogP contribution is -2.41. The van der Waals surface area contributed by atoms with Gasteiger partial charge in [0.25, 0.3) is 0 Å². The molecule has 1 aliphatic heterocycles. The molecular formula is C13H18N2O5S. The van der Waals surface area contributed by atoms with E-state index in [2.05, 4.69) is 4.98 Å². The highest BCUT2D eigenvalue weighted by Crippen LogP contribution is 2.22. The Kier molecular flexibility index (Phi) is 4.79. The Hall–Kier alpha value is -1.67. The smallest absolute Gasteiger partial charge is 0.339 e. The first kappa shape index (κ1) is 15.7. The van der Waals surface area contributed by atoms with Crippen LogP contribution in [-0.4, -0.2) is 54.7 Å². The number of ether oxygens (including phenoxy) is 1. The molecular weight excluding hydrogens is 296 g/mol. The fourth-order valence-electron chi connectivity index (χ4n) is 2.34. The molecule has 0 spiro atoms. The van der Waals surface area contributed by atoms with Gasteiger partial charge in [-0.1, -0.05) is 0 Å². The van der Waals surface area contributed by atoms with Crippen LogP contribution >= 0.6 is 0 Å². The van der Waals surface area contributed by atoms with E-state index in [0.717, 1.165) is 12.8 Å². The van der Waals surface area contributed by atoms with Gasteiger partial charge in [-0.15, -0.1) is 0 Å². The number of hydrogen-bond donors (Lipinski definition) is 1. The summed E-state index contributed by atoms with van der Waals surface area (Å²) in [5.74, 6) is -0.814. The van der Waals surface area contributed by atoms with Crippen molar-refractivity contribution in [3.05, 3.63) is 24.0 Å². The minimum Gasteiger partial charge on any atom is -0.491 e. The second kappa shape index (κ2) is 6.40. The summed E-state index contributed by atoms with van der Waals surface area (Å²) in [4.78, 5) is 14.9. The topological polar surface area (TPSA) is 96.8 Å². The van der Waals surface area contributed by atoms with Gasteiger partial charge >= 0.3 is 5.97 Å². The summed E-state index contributed by atoms with van der Waals surface area (Å²) in [6.07, 6.45) is 5.58. The minimum atomic E-state index is -3.19. The van der Waals surface area contributed by atoms with Gasteiger partial charge in [0.15, 0.2) is 5.75 Å². The second-order valence-electron chi connectivity index (χ2n) is 5.12. The first-order valence-corrected chi connectivity index (χ1v) is 8.48. The second-order valence-corrected chi connectivity index (χ2v) is 7.10. The molecule has 0 amide bonds. The van der Waals surface area contributed by atoms with Gasteiger partial charge in [0.2, 0.25) is 10.0 Å². The number of nitrogens with zero attached hydrogens (tertiary/aromatic N) is 2. The molecule has 1 fully saturated rings. The molecule has 0 radical (unpaired) electrons. The van der Waals surface area contributed by atoms with E-state index >= 15 is 0 Å². The molecule has 2 rings (SSSR count). The number of carboxylic acid groups (broad SMARTS) is 1. The summed E-state index contributed by atoms with van der Waals surface area (Å²) in [5.41, 5.74) is 0.0563. The van der Waals surface area contributed by atoms with E-state index in [9.17, 15) is 13.2 Å². The van der Waals surface area contributed by atoms with Gasteiger partial charge < -0.3 is 9.84 Å². The number of aromatic carboxylic acids is 1. The van der Waals surface area contributed by atoms with Crippen LogP contribution in [-0.2, 0) is 10.0 Å². The molecule has 0 saturated carbocycles. The fraction of sp³-hybridized carbons (Fsp3) is 0.538. The molecule has 1 saturated heterocycles. The van der Waals surface area contributed by atoms with Crippen molar-refractivity contribution in [2.75, 3.05) is 26.0 Å². The van der Waals surface area contributed by atoms with E-state index in [1.807, 2.05) is 0 Å². The molecule has 1 N–H and O–H groups in total. The molecule has 1 aliphatic rings. The largest absolute Gasteiger partial charge is 0.491 e. The predicted octanol–water partition coefficient (Wildman–Crippen LogP) is 0.830. The van der Waals surface area contributed by atoms with Gasteiger partial charge in [0, 0.05) is 25.2 Å². The van der Waals surface area contributed by atoms with Crippen LogP contribution in [0.3, 0.4) is 0 Å². The zero-order valence-electron chi connectivity index (χ0n) is 11.7. The molecule has 21 heavy (non-hydrogen) atoms. The quantitative estimate of drug-likeness (QED) is 0.864. The van der Waals surface area contributed by atoms with E-state index in [0.29, 0.717) is 13.1 Å². The van der Waals surface area contributed by atoms with Crippen LogP contribution in [0.1, 0.15) is 23.2 Å². The standard InChI is InChI=1S/C13H18N2O5S/c1-21(18,19)15-6-2-3-10(8-15)9-20-12-7-14-5-4-11(12)13(16)17/h4-5,7,10H,2-3,6,8-9H2,1H3,(H,16,17). The number of hydrogen-bond acceptors (Lipinski definition) is 5. The average molecular weight is 314 g/mol. The van der Waals surface area contributed by atoms with Crippen molar-refractivity contribution < 1.29 is 23.1 Å². The first-order chi connectivity index (χ1) is 9.88. The molecule has 116 valence electrons. The van der Waals surface area contributed by atoms with Crippen molar-refractivity contribution in [2.24, 2.45) is 5.92 Å². The fourth-order valence-corrected chi connectivity index (χ4v) is 3.29. The third-order valence-electron chi connectivity index (χ3n) is 3.44. The maximum Gasteiger partial charge on any atom is 0.339 e. The van der Waals surface area contributed by atoms with E-state index in [1.165, 1.54) is 29.0 Å². The van der Waals surface area contributed by atoms with Crippen LogP contribution in [0.2, 0.25) is 0 Å². The van der Waals surface area contributed by atoms with Gasteiger partial charge in [-0.3, -0.25) is 4.98 Å². The summed E-state index contributed by atoms with van der Waals surface area (Å²) in [6, 6.07) is 1.38. The van der Waals surface area contributed by atoms with Gasteiger partial charge in [0.1, 0.15) is 5.56 Å². The molecule has 0 aliphatic carbocycles. The summed E-state index contributed by atoms with van der Waals surface area (Å²) in [6.45, 7) is 1.21. The zero-order valence-corrected chi connectivity index (χ0v) is 12.5. The van der Waals surface area contributed by atoms with Crippen LogP contribution in [0.25, 0.3) is 0 Å². The summed E-state index contributed by atoms with van der Waals surface area (Å²) < 4.78 is 30.1. The average Bonchev–Trinajstić information content (AvgIpc) is 2.45. The maximum absolute atomic E-state index is 11.5. The Balaban J connectivity index is 1.99. The number of piperidine rings is 1. The van der Waals surface area contributed by atoms with Crippen LogP contribution in [0.15, 0.2) is 18.5 Å². The third kappa shape index (κ3) is 4.15. The Bertz CT molecular complexity index is 617. The first-order valence-electron chi connectivity index (χ1n) is 6.63. The number of aromatic nitrogens is 1. The minimum absolute atomic E-state index is 0.0512. The Labute approximate surface area is 123 Å². The highest BCUT2D eigenvalue weighted by atomic mass is 32.2. The number of carbonyl (C=O) groups is 1. The molecule has 7 nitrogen and oxygen atoms in total. The van der Waals surface area contributed by atoms with Crippen LogP contribution in [0.4, 0.5) is 0 Å². The maximum atomic E-state index is 11.5. The lowest BCUT2D eigenvalue weighted by molar-refractivity contribution is 0.0690. The Morgan fingerprint density at radius 3 is 3.00 bits per heavy atom. The van der Waals surface area contributed by atoms with Crippen LogP contribution < -0.4 is 4.74 Å². The van der Waals surface area contributed by atoms with E-state index in [4.69, 9.17) is 9.84 Å². The molecule has 8 heteroatoms. The monoisotopic (exact) mass is 314 g/mol. The van der Waals surface area contributed by atoms with E-state index in [1.54, 1.807) is 0 Å². The normalized spacial score (nSPS) is 20.1. The van der Waals surface area contributed by atoms with Gasteiger partial charge in [-0.05, 0) is 18.9 Å². The number of rotatable bonds is 5. The van der Waals surface area contributed by atoms with Gasteiger partial charge in [0.05, 0.1) is 19.1 Å². The van der Waals surface area contributed by atoms with Crippen molar-refractivity contribution in [1.29, 1.82) is 0 Å². The molecule has 1 unspecified atom stereocenters. The van der Waals surface area contributed by atoms with Crippen molar-refractivity contribution >= 4 is 16.0 Å². The van der Waals surface area contributed by atoms with Gasteiger partial charge in [-0.25, -0.2) is 17.5 Å². The van der Waals surface area contributed by atoms with Crippen molar-refractivity contribution in [3.8, 4) is 5.75 Å². The van der Waals surface area contributed by atoms with Crippen molar-refractivity contribution in [1.82, 2.24) is 9.29 Å². The van der Waals surface area contributed by atoms with E-state index < -0.39 is 16.0 Å². The number of sulfonamides is 1. The number of pyridine rings is 1. The van der Waals surface area contributed by atoms with Gasteiger partial charge in [-0.2, -0.15) is 0 Å². The summed E-state index contributed by atoms with van der Waals surface area (Å²) >= 11 is 0. The molecule has 2 heterocycles. The Morgan fingerprint density at radius 1 is 1.57 bits per heavy atom. The molecule has 1 aromatic heterocycles. The molecule has 0 bridgehead atoms. The van der Waals surface area contributed by atoms with Crippen LogP contribution in [0.5, 0.6) is 5.75 Å². The third-order valence-corrected chi connectivity index (χ3v) is 4.71. The van der Waals surface area contributed by atoms with Crippen molar-refractivity contribution in [2.45, 2.75) is 12.8 Å². The predicted molar refractivity (Wildman–Crippen MR) is 75.8 cm³/mol. The molecule has 0 aromatic carbocycles. The summed E-state index contributed by atoms with van der Waals surface area (Å²) in [7, 11) is -3.19. The SMILES string of the molecule is CS(=O)(=O)N1CCCC(COc2cnccc2C(=O)O)C1. The highest BCUT2D eigenvalue weighted by molar-refractivity contribution is 7.88. The molecule has 1 atom stereocenters. The van der Waals surface area contributed by atoms with Crippen molar-refractivity contribution in [3.63, 3.8) is 0 Å². The zero-order chi connectivity index (χ0) is 15.5. The number of carboxylic acids is 1. The summed E-state index contributed by atoms with van der Waals surface area (Å²) in [5, 5.41) is 9.06. The van der Waals surface area contributed by atoms with E-state index in [-0.39, 0.29) is 23.8 Å². The lowest BCUT2D eigenvalue weighted by Gasteiger charge is -2.30. The lowest BCUT2D eigenvalue weighted by atomic mass is 10.0. The Morgan fingerprint density at radius 2 is 2.33 bits per heavy atom. The molecule has 1 aromatic rings.